The van der Waals surface area contributed by atoms with Gasteiger partial charge in [0.1, 0.15) is 22.3 Å². The molecule has 3 aromatic carbocycles. The highest BCUT2D eigenvalue weighted by molar-refractivity contribution is 7.91. The lowest BCUT2D eigenvalue weighted by Gasteiger charge is -2.31. The maximum Gasteiger partial charge on any atom is 0.324 e. The second-order valence-electron chi connectivity index (χ2n) is 12.2. The van der Waals surface area contributed by atoms with Crippen LogP contribution < -0.4 is 16.0 Å². The molecule has 0 aliphatic carbocycles. The molecule has 2 amide bonds. The van der Waals surface area contributed by atoms with Crippen LogP contribution in [0.5, 0.6) is 0 Å². The molecule has 1 aromatic heterocycles. The zero-order chi connectivity index (χ0) is 31.6. The smallest absolute Gasteiger partial charge is 0.317 e. The summed E-state index contributed by atoms with van der Waals surface area (Å²) in [7, 11) is -4.20. The summed E-state index contributed by atoms with van der Waals surface area (Å²) in [6.07, 6.45) is 1.17. The second-order valence-corrected chi connectivity index (χ2v) is 14.3. The van der Waals surface area contributed by atoms with E-state index in [0.29, 0.717) is 49.1 Å². The fraction of sp³-hybridized carbons (Fsp3) is 0.333. The molecular weight excluding hydrogens is 584 g/mol. The minimum Gasteiger partial charge on any atom is -0.317 e. The summed E-state index contributed by atoms with van der Waals surface area (Å²) in [5, 5.41) is 12.6. The van der Waals surface area contributed by atoms with Gasteiger partial charge in [-0.05, 0) is 80.7 Å². The lowest BCUT2D eigenvalue weighted by molar-refractivity contribution is 0.262. The summed E-state index contributed by atoms with van der Waals surface area (Å²) in [5.41, 5.74) is 3.37. The predicted molar refractivity (Wildman–Crippen MR) is 168 cm³/mol. The number of benzene rings is 3. The van der Waals surface area contributed by atoms with Crippen molar-refractivity contribution in [1.82, 2.24) is 15.1 Å². The predicted octanol–water partition coefficient (Wildman–Crippen LogP) is 6.92. The van der Waals surface area contributed by atoms with Gasteiger partial charge < -0.3 is 10.6 Å². The molecule has 1 aliphatic heterocycles. The van der Waals surface area contributed by atoms with E-state index < -0.39 is 37.6 Å². The van der Waals surface area contributed by atoms with Gasteiger partial charge in [-0.3, -0.25) is 5.32 Å². The molecule has 11 heteroatoms. The summed E-state index contributed by atoms with van der Waals surface area (Å²) in [4.78, 5) is 12.6. The van der Waals surface area contributed by atoms with Gasteiger partial charge in [-0.1, -0.05) is 50.6 Å². The van der Waals surface area contributed by atoms with Gasteiger partial charge in [0.2, 0.25) is 0 Å². The van der Waals surface area contributed by atoms with Crippen molar-refractivity contribution in [3.63, 3.8) is 0 Å². The van der Waals surface area contributed by atoms with Crippen LogP contribution in [0.2, 0.25) is 0 Å². The first-order chi connectivity index (χ1) is 20.8. The number of nitrogens with zero attached hydrogens (tertiary/aromatic N) is 2. The molecule has 0 radical (unpaired) electrons. The van der Waals surface area contributed by atoms with E-state index in [4.69, 9.17) is 5.10 Å². The topological polar surface area (TPSA) is 105 Å². The first-order valence-electron chi connectivity index (χ1n) is 14.6. The SMILES string of the molecule is Cc1ccc(-n2nc(C(C)(C)C)cc2NC(=O)Nc2ccc(C(C3CCNCC3)S(=O)(=O)c3ccc(F)cc3F)cc2)cc1. The normalized spacial score (nSPS) is 15.1. The molecule has 232 valence electrons. The largest absolute Gasteiger partial charge is 0.324 e. The number of aryl methyl sites for hydroxylation is 1. The first-order valence-corrected chi connectivity index (χ1v) is 16.1. The average Bonchev–Trinajstić information content (AvgIpc) is 3.39. The van der Waals surface area contributed by atoms with Crippen LogP contribution in [0.3, 0.4) is 0 Å². The lowest BCUT2D eigenvalue weighted by Crippen LogP contribution is -2.34. The van der Waals surface area contributed by atoms with Gasteiger partial charge >= 0.3 is 6.03 Å². The van der Waals surface area contributed by atoms with Gasteiger partial charge in [0.25, 0.3) is 0 Å². The number of halogens is 2. The Labute approximate surface area is 256 Å². The lowest BCUT2D eigenvalue weighted by atomic mass is 9.90. The highest BCUT2D eigenvalue weighted by Gasteiger charge is 2.38. The number of hydrogen-bond acceptors (Lipinski definition) is 5. The van der Waals surface area contributed by atoms with E-state index in [-0.39, 0.29) is 11.3 Å². The number of anilines is 2. The van der Waals surface area contributed by atoms with Crippen LogP contribution in [0.4, 0.5) is 25.1 Å². The van der Waals surface area contributed by atoms with E-state index in [0.717, 1.165) is 29.1 Å². The van der Waals surface area contributed by atoms with Crippen LogP contribution in [0.25, 0.3) is 5.69 Å². The van der Waals surface area contributed by atoms with Gasteiger partial charge in [-0.25, -0.2) is 26.7 Å². The van der Waals surface area contributed by atoms with Gasteiger partial charge in [0.15, 0.2) is 9.84 Å². The first kappa shape index (κ1) is 31.3. The van der Waals surface area contributed by atoms with Crippen LogP contribution in [0.15, 0.2) is 77.7 Å². The number of rotatable bonds is 7. The van der Waals surface area contributed by atoms with Crippen molar-refractivity contribution >= 4 is 27.4 Å². The zero-order valence-electron chi connectivity index (χ0n) is 25.2. The Balaban J connectivity index is 1.39. The molecule has 3 N–H and O–H groups in total. The number of nitrogens with one attached hydrogen (secondary N) is 3. The Hall–Kier alpha value is -4.09. The van der Waals surface area contributed by atoms with E-state index in [1.165, 1.54) is 0 Å². The maximum atomic E-state index is 14.7. The minimum absolute atomic E-state index is 0.249. The van der Waals surface area contributed by atoms with Crippen molar-refractivity contribution in [2.75, 3.05) is 23.7 Å². The van der Waals surface area contributed by atoms with Gasteiger partial charge in [-0.15, -0.1) is 0 Å². The molecule has 44 heavy (non-hydrogen) atoms. The molecule has 4 aromatic rings. The van der Waals surface area contributed by atoms with Crippen molar-refractivity contribution in [2.45, 2.75) is 56.1 Å². The third-order valence-corrected chi connectivity index (χ3v) is 10.1. The number of piperidine rings is 1. The summed E-state index contributed by atoms with van der Waals surface area (Å²) < 4.78 is 57.6. The molecule has 2 heterocycles. The standard InChI is InChI=1S/C33H37F2N5O3S/c1-21-5-12-26(13-6-21)40-30(20-29(39-40)33(2,3)4)38-32(41)37-25-10-7-22(8-11-25)31(23-15-17-36-18-16-23)44(42,43)28-14-9-24(34)19-27(28)35/h5-14,19-20,23,31,36H,15-18H2,1-4H3,(H2,37,38,41). The Morgan fingerprint density at radius 2 is 1.61 bits per heavy atom. The van der Waals surface area contributed by atoms with Crippen molar-refractivity contribution in [3.8, 4) is 5.69 Å². The molecule has 0 bridgehead atoms. The monoisotopic (exact) mass is 621 g/mol. The molecule has 5 rings (SSSR count). The van der Waals surface area contributed by atoms with E-state index in [9.17, 15) is 22.0 Å². The van der Waals surface area contributed by atoms with E-state index in [1.54, 1.807) is 28.9 Å². The molecule has 1 fully saturated rings. The fourth-order valence-corrected chi connectivity index (χ4v) is 7.61. The van der Waals surface area contributed by atoms with Crippen molar-refractivity contribution in [1.29, 1.82) is 0 Å². The Morgan fingerprint density at radius 3 is 2.23 bits per heavy atom. The summed E-state index contributed by atoms with van der Waals surface area (Å²) in [5.74, 6) is -1.73. The Bertz CT molecular complexity index is 1740. The third-order valence-electron chi connectivity index (χ3n) is 7.84. The van der Waals surface area contributed by atoms with Crippen LogP contribution in [0, 0.1) is 24.5 Å². The number of hydrogen-bond donors (Lipinski definition) is 3. The molecule has 8 nitrogen and oxygen atoms in total. The zero-order valence-corrected chi connectivity index (χ0v) is 26.0. The van der Waals surface area contributed by atoms with Gasteiger partial charge in [0.05, 0.1) is 16.6 Å². The van der Waals surface area contributed by atoms with E-state index in [2.05, 4.69) is 16.0 Å². The fourth-order valence-electron chi connectivity index (χ4n) is 5.45. The molecule has 1 saturated heterocycles. The molecule has 0 spiro atoms. The summed E-state index contributed by atoms with van der Waals surface area (Å²) in [6, 6.07) is 18.2. The summed E-state index contributed by atoms with van der Waals surface area (Å²) in [6.45, 7) is 9.40. The third kappa shape index (κ3) is 6.84. The average molecular weight is 622 g/mol. The quantitative estimate of drug-likeness (QED) is 0.195. The van der Waals surface area contributed by atoms with E-state index >= 15 is 0 Å². The molecule has 1 unspecified atom stereocenters. The number of amides is 2. The van der Waals surface area contributed by atoms with Crippen LogP contribution in [-0.4, -0.2) is 37.3 Å². The molecule has 1 aliphatic rings. The molecular formula is C33H37F2N5O3S. The minimum atomic E-state index is -4.20. The van der Waals surface area contributed by atoms with Crippen molar-refractivity contribution in [3.05, 3.63) is 101 Å². The van der Waals surface area contributed by atoms with Crippen molar-refractivity contribution < 1.29 is 22.0 Å². The van der Waals surface area contributed by atoms with Gasteiger partial charge in [0, 0.05) is 23.2 Å². The number of carbonyl (C=O) groups excluding carboxylic acids is 1. The van der Waals surface area contributed by atoms with Crippen LogP contribution in [0.1, 0.15) is 55.7 Å². The summed E-state index contributed by atoms with van der Waals surface area (Å²) >= 11 is 0. The number of sulfone groups is 1. The Morgan fingerprint density at radius 1 is 0.955 bits per heavy atom. The van der Waals surface area contributed by atoms with Crippen molar-refractivity contribution in [2.24, 2.45) is 5.92 Å². The number of aromatic nitrogens is 2. The molecule has 0 saturated carbocycles. The number of carbonyl (C=O) groups is 1. The molecule has 1 atom stereocenters. The maximum absolute atomic E-state index is 14.7. The van der Waals surface area contributed by atoms with Crippen LogP contribution in [-0.2, 0) is 15.3 Å². The van der Waals surface area contributed by atoms with Gasteiger partial charge in [-0.2, -0.15) is 5.10 Å². The highest BCUT2D eigenvalue weighted by Crippen LogP contribution is 2.40. The number of urea groups is 1. The highest BCUT2D eigenvalue weighted by atomic mass is 32.2. The van der Waals surface area contributed by atoms with E-state index in [1.807, 2.05) is 58.0 Å². The second kappa shape index (κ2) is 12.5. The Kier molecular flexibility index (Phi) is 8.90. The van der Waals surface area contributed by atoms with Crippen LogP contribution >= 0.6 is 0 Å².